The van der Waals surface area contributed by atoms with Crippen LogP contribution in [-0.2, 0) is 4.79 Å². The Morgan fingerprint density at radius 3 is 2.75 bits per heavy atom. The molecule has 0 aliphatic rings. The Bertz CT molecular complexity index is 169. The van der Waals surface area contributed by atoms with Gasteiger partial charge in [0, 0.05) is 5.75 Å². The summed E-state index contributed by atoms with van der Waals surface area (Å²) in [4.78, 5) is 13.7. The first-order valence-corrected chi connectivity index (χ1v) is 4.23. The molecule has 12 heavy (non-hydrogen) atoms. The van der Waals surface area contributed by atoms with Crippen LogP contribution in [0.1, 0.15) is 0 Å². The van der Waals surface area contributed by atoms with Crippen LogP contribution < -0.4 is 16.2 Å². The van der Waals surface area contributed by atoms with E-state index in [2.05, 4.69) is 9.71 Å². The SMILES string of the molecule is NC(N)=NCCSNCC(=O)O. The van der Waals surface area contributed by atoms with Crippen molar-refractivity contribution in [3.8, 4) is 0 Å². The van der Waals surface area contributed by atoms with E-state index < -0.39 is 5.97 Å². The smallest absolute Gasteiger partial charge is 0.318 e. The Hall–Kier alpha value is -0.950. The molecular weight excluding hydrogens is 180 g/mol. The van der Waals surface area contributed by atoms with E-state index in [9.17, 15) is 4.79 Å². The lowest BCUT2D eigenvalue weighted by molar-refractivity contribution is -0.135. The Labute approximate surface area is 74.5 Å². The van der Waals surface area contributed by atoms with Crippen LogP contribution in [0, 0.1) is 0 Å². The third-order valence-electron chi connectivity index (χ3n) is 0.813. The molecule has 70 valence electrons. The summed E-state index contributed by atoms with van der Waals surface area (Å²) in [7, 11) is 0. The van der Waals surface area contributed by atoms with Crippen LogP contribution in [-0.4, -0.2) is 35.9 Å². The summed E-state index contributed by atoms with van der Waals surface area (Å²) < 4.78 is 2.62. The molecule has 0 aromatic rings. The molecule has 0 bridgehead atoms. The van der Waals surface area contributed by atoms with Gasteiger partial charge in [-0.05, 0) is 0 Å². The number of rotatable bonds is 6. The molecule has 0 atom stereocenters. The highest BCUT2D eigenvalue weighted by Crippen LogP contribution is 1.90. The van der Waals surface area contributed by atoms with Crippen LogP contribution in [0.5, 0.6) is 0 Å². The fraction of sp³-hybridized carbons (Fsp3) is 0.600. The van der Waals surface area contributed by atoms with E-state index in [1.165, 1.54) is 11.9 Å². The van der Waals surface area contributed by atoms with Crippen molar-refractivity contribution in [2.75, 3.05) is 18.8 Å². The number of nitrogens with two attached hydrogens (primary N) is 2. The first kappa shape index (κ1) is 11.1. The molecule has 0 rings (SSSR count). The monoisotopic (exact) mass is 192 g/mol. The summed E-state index contributed by atoms with van der Waals surface area (Å²) >= 11 is 1.27. The van der Waals surface area contributed by atoms with Crippen LogP contribution in [0.2, 0.25) is 0 Å². The molecule has 0 saturated carbocycles. The zero-order valence-corrected chi connectivity index (χ0v) is 7.30. The van der Waals surface area contributed by atoms with Crippen LogP contribution >= 0.6 is 11.9 Å². The Balaban J connectivity index is 3.11. The van der Waals surface area contributed by atoms with Gasteiger partial charge in [-0.1, -0.05) is 11.9 Å². The van der Waals surface area contributed by atoms with E-state index in [1.807, 2.05) is 0 Å². The van der Waals surface area contributed by atoms with Crippen molar-refractivity contribution in [3.05, 3.63) is 0 Å². The van der Waals surface area contributed by atoms with Gasteiger partial charge in [0.2, 0.25) is 0 Å². The average molecular weight is 192 g/mol. The summed E-state index contributed by atoms with van der Waals surface area (Å²) in [6.45, 7) is 0.423. The molecule has 6 N–H and O–H groups in total. The number of carboxylic acids is 1. The molecule has 6 nitrogen and oxygen atoms in total. The van der Waals surface area contributed by atoms with E-state index >= 15 is 0 Å². The maximum atomic E-state index is 10.00. The summed E-state index contributed by atoms with van der Waals surface area (Å²) in [5.74, 6) is -0.191. The Morgan fingerprint density at radius 1 is 1.58 bits per heavy atom. The maximum Gasteiger partial charge on any atom is 0.318 e. The third kappa shape index (κ3) is 9.05. The fourth-order valence-corrected chi connectivity index (χ4v) is 0.958. The van der Waals surface area contributed by atoms with Crippen molar-refractivity contribution in [3.63, 3.8) is 0 Å². The second-order valence-electron chi connectivity index (χ2n) is 1.87. The van der Waals surface area contributed by atoms with Crippen LogP contribution in [0.4, 0.5) is 0 Å². The van der Waals surface area contributed by atoms with Gasteiger partial charge in [0.05, 0.1) is 6.54 Å². The number of nitrogens with one attached hydrogen (secondary N) is 1. The molecule has 0 unspecified atom stereocenters. The minimum absolute atomic E-state index is 0.0498. The van der Waals surface area contributed by atoms with E-state index in [1.54, 1.807) is 0 Å². The van der Waals surface area contributed by atoms with E-state index in [0.29, 0.717) is 12.3 Å². The lowest BCUT2D eigenvalue weighted by Crippen LogP contribution is -2.23. The van der Waals surface area contributed by atoms with Gasteiger partial charge >= 0.3 is 5.97 Å². The topological polar surface area (TPSA) is 114 Å². The van der Waals surface area contributed by atoms with Crippen molar-refractivity contribution in [1.82, 2.24) is 4.72 Å². The van der Waals surface area contributed by atoms with Crippen molar-refractivity contribution in [1.29, 1.82) is 0 Å². The number of aliphatic carboxylic acids is 1. The molecule has 0 aromatic carbocycles. The number of carboxylic acid groups (broad SMARTS) is 1. The number of guanidine groups is 1. The zero-order valence-electron chi connectivity index (χ0n) is 6.49. The van der Waals surface area contributed by atoms with Crippen molar-refractivity contribution in [2.45, 2.75) is 0 Å². The average Bonchev–Trinajstić information content (AvgIpc) is 1.95. The fourth-order valence-electron chi connectivity index (χ4n) is 0.405. The molecule has 0 aliphatic heterocycles. The standard InChI is InChI=1S/C5H12N4O2S/c6-5(7)8-1-2-12-9-3-4(10)11/h9H,1-3H2,(H,10,11)(H4,6,7,8). The molecule has 0 aromatic heterocycles. The van der Waals surface area contributed by atoms with E-state index in [-0.39, 0.29) is 12.5 Å². The van der Waals surface area contributed by atoms with Crippen molar-refractivity contribution >= 4 is 23.9 Å². The van der Waals surface area contributed by atoms with Crippen molar-refractivity contribution in [2.24, 2.45) is 16.5 Å². The van der Waals surface area contributed by atoms with Crippen LogP contribution in [0.25, 0.3) is 0 Å². The second kappa shape index (κ2) is 6.74. The number of hydrogen-bond acceptors (Lipinski definition) is 4. The summed E-state index contributed by atoms with van der Waals surface area (Å²) in [5.41, 5.74) is 10.1. The minimum atomic E-state index is -0.885. The maximum absolute atomic E-state index is 10.00. The van der Waals surface area contributed by atoms with Gasteiger partial charge in [-0.3, -0.25) is 14.5 Å². The number of nitrogens with zero attached hydrogens (tertiary/aromatic N) is 1. The van der Waals surface area contributed by atoms with E-state index in [4.69, 9.17) is 16.6 Å². The van der Waals surface area contributed by atoms with Gasteiger partial charge in [-0.25, -0.2) is 0 Å². The predicted molar refractivity (Wildman–Crippen MR) is 48.8 cm³/mol. The summed E-state index contributed by atoms with van der Waals surface area (Å²) in [6.07, 6.45) is 0. The molecule has 0 spiro atoms. The van der Waals surface area contributed by atoms with Crippen LogP contribution in [0.15, 0.2) is 4.99 Å². The molecular formula is C5H12N4O2S. The third-order valence-corrected chi connectivity index (χ3v) is 1.55. The molecule has 0 fully saturated rings. The quantitative estimate of drug-likeness (QED) is 0.178. The van der Waals surface area contributed by atoms with Crippen LogP contribution in [0.3, 0.4) is 0 Å². The van der Waals surface area contributed by atoms with Gasteiger partial charge in [-0.15, -0.1) is 0 Å². The van der Waals surface area contributed by atoms with Gasteiger partial charge in [0.15, 0.2) is 5.96 Å². The molecule has 0 amide bonds. The first-order valence-electron chi connectivity index (χ1n) is 3.24. The highest BCUT2D eigenvalue weighted by atomic mass is 32.2. The molecule has 7 heteroatoms. The molecule has 0 radical (unpaired) electrons. The molecule has 0 heterocycles. The summed E-state index contributed by atoms with van der Waals surface area (Å²) in [5, 5.41) is 8.21. The first-order chi connectivity index (χ1) is 5.63. The highest BCUT2D eigenvalue weighted by Gasteiger charge is 1.93. The van der Waals surface area contributed by atoms with Crippen molar-refractivity contribution < 1.29 is 9.90 Å². The summed E-state index contributed by atoms with van der Waals surface area (Å²) in [6, 6.07) is 0. The van der Waals surface area contributed by atoms with E-state index in [0.717, 1.165) is 0 Å². The minimum Gasteiger partial charge on any atom is -0.480 e. The van der Waals surface area contributed by atoms with Gasteiger partial charge in [0.1, 0.15) is 6.54 Å². The number of hydrogen-bond donors (Lipinski definition) is 4. The van der Waals surface area contributed by atoms with Gasteiger partial charge in [-0.2, -0.15) is 0 Å². The largest absolute Gasteiger partial charge is 0.480 e. The van der Waals surface area contributed by atoms with Gasteiger partial charge < -0.3 is 16.6 Å². The lowest BCUT2D eigenvalue weighted by Gasteiger charge is -1.97. The highest BCUT2D eigenvalue weighted by molar-refractivity contribution is 7.97. The molecule has 0 aliphatic carbocycles. The Morgan fingerprint density at radius 2 is 2.25 bits per heavy atom. The van der Waals surface area contributed by atoms with Gasteiger partial charge in [0.25, 0.3) is 0 Å². The zero-order chi connectivity index (χ0) is 9.40. The second-order valence-corrected chi connectivity index (χ2v) is 2.86. The number of carbonyl (C=O) groups is 1. The lowest BCUT2D eigenvalue weighted by atomic mass is 10.7. The molecule has 0 saturated heterocycles. The number of aliphatic imine (C=N–C) groups is 1. The Kier molecular flexibility index (Phi) is 6.21. The predicted octanol–water partition coefficient (Wildman–Crippen LogP) is -1.42. The normalized spacial score (nSPS) is 9.33.